The second-order valence-corrected chi connectivity index (χ2v) is 5.18. The lowest BCUT2D eigenvalue weighted by Crippen LogP contribution is -2.28. The van der Waals surface area contributed by atoms with Gasteiger partial charge >= 0.3 is 0 Å². The van der Waals surface area contributed by atoms with Gasteiger partial charge in [-0.15, -0.1) is 0 Å². The average molecular weight is 319 g/mol. The van der Waals surface area contributed by atoms with E-state index in [0.29, 0.717) is 6.42 Å². The van der Waals surface area contributed by atoms with Gasteiger partial charge in [-0.25, -0.2) is 0 Å². The Morgan fingerprint density at radius 2 is 1.95 bits per heavy atom. The van der Waals surface area contributed by atoms with Gasteiger partial charge in [0.2, 0.25) is 0 Å². The monoisotopic (exact) mass is 318 g/mol. The zero-order valence-corrected chi connectivity index (χ0v) is 12.7. The van der Waals surface area contributed by atoms with Gasteiger partial charge in [0.15, 0.2) is 0 Å². The van der Waals surface area contributed by atoms with E-state index < -0.39 is 4.92 Å². The number of nitro benzene ring substituents is 1. The summed E-state index contributed by atoms with van der Waals surface area (Å²) >= 11 is 5.75. The van der Waals surface area contributed by atoms with Crippen LogP contribution in [-0.2, 0) is 0 Å². The van der Waals surface area contributed by atoms with Crippen LogP contribution in [0.5, 0.6) is 0 Å². The Labute approximate surface area is 133 Å². The van der Waals surface area contributed by atoms with E-state index >= 15 is 0 Å². The maximum atomic E-state index is 12.3. The van der Waals surface area contributed by atoms with Gasteiger partial charge in [-0.3, -0.25) is 14.9 Å². The first-order chi connectivity index (χ1) is 10.5. The standard InChI is InChI=1S/C16H15ClN2O3/c1-2-14(11-6-4-3-5-7-11)18-16(20)12-8-9-13(17)15(10-12)19(21)22/h3-10,14H,2H2,1H3,(H,18,20)/t14-/m1/s1. The van der Waals surface area contributed by atoms with Gasteiger partial charge in [0.1, 0.15) is 5.02 Å². The van der Waals surface area contributed by atoms with Crippen LogP contribution in [-0.4, -0.2) is 10.8 Å². The number of rotatable bonds is 5. The number of nitrogens with one attached hydrogen (secondary N) is 1. The quantitative estimate of drug-likeness (QED) is 0.665. The van der Waals surface area contributed by atoms with Crippen molar-refractivity contribution in [1.29, 1.82) is 0 Å². The minimum absolute atomic E-state index is 0.0108. The maximum absolute atomic E-state index is 12.3. The Hall–Kier alpha value is -2.40. The minimum atomic E-state index is -0.604. The molecule has 0 radical (unpaired) electrons. The SMILES string of the molecule is CC[C@@H](NC(=O)c1ccc(Cl)c([N+](=O)[O-])c1)c1ccccc1. The van der Waals surface area contributed by atoms with Crippen LogP contribution in [0.15, 0.2) is 48.5 Å². The Morgan fingerprint density at radius 3 is 2.55 bits per heavy atom. The summed E-state index contributed by atoms with van der Waals surface area (Å²) < 4.78 is 0. The van der Waals surface area contributed by atoms with Gasteiger partial charge in [-0.05, 0) is 24.1 Å². The van der Waals surface area contributed by atoms with Gasteiger partial charge in [0.25, 0.3) is 11.6 Å². The summed E-state index contributed by atoms with van der Waals surface area (Å²) in [6.07, 6.45) is 0.714. The summed E-state index contributed by atoms with van der Waals surface area (Å²) in [7, 11) is 0. The van der Waals surface area contributed by atoms with E-state index in [1.165, 1.54) is 18.2 Å². The van der Waals surface area contributed by atoms with Crippen molar-refractivity contribution in [3.8, 4) is 0 Å². The largest absolute Gasteiger partial charge is 0.345 e. The van der Waals surface area contributed by atoms with Gasteiger partial charge in [0.05, 0.1) is 11.0 Å². The third-order valence-electron chi connectivity index (χ3n) is 3.32. The van der Waals surface area contributed by atoms with Crippen molar-refractivity contribution in [3.63, 3.8) is 0 Å². The third kappa shape index (κ3) is 3.62. The number of benzene rings is 2. The normalized spacial score (nSPS) is 11.7. The number of hydrogen-bond acceptors (Lipinski definition) is 3. The molecule has 2 aromatic carbocycles. The number of carbonyl (C=O) groups is 1. The fraction of sp³-hybridized carbons (Fsp3) is 0.188. The molecule has 114 valence electrons. The van der Waals surface area contributed by atoms with Crippen LogP contribution >= 0.6 is 11.6 Å². The van der Waals surface area contributed by atoms with Gasteiger partial charge in [-0.2, -0.15) is 0 Å². The number of halogens is 1. The molecule has 0 aliphatic rings. The number of hydrogen-bond donors (Lipinski definition) is 1. The van der Waals surface area contributed by atoms with Crippen LogP contribution in [0.1, 0.15) is 35.3 Å². The summed E-state index contributed by atoms with van der Waals surface area (Å²) in [5.41, 5.74) is 0.925. The molecule has 1 N–H and O–H groups in total. The molecule has 0 spiro atoms. The summed E-state index contributed by atoms with van der Waals surface area (Å²) in [6.45, 7) is 1.96. The molecule has 0 aromatic heterocycles. The highest BCUT2D eigenvalue weighted by atomic mass is 35.5. The maximum Gasteiger partial charge on any atom is 0.288 e. The highest BCUT2D eigenvalue weighted by molar-refractivity contribution is 6.32. The van der Waals surface area contributed by atoms with Crippen molar-refractivity contribution in [1.82, 2.24) is 5.32 Å². The van der Waals surface area contributed by atoms with Gasteiger partial charge in [0, 0.05) is 11.6 Å². The lowest BCUT2D eigenvalue weighted by atomic mass is 10.0. The number of nitro groups is 1. The van der Waals surface area contributed by atoms with E-state index in [4.69, 9.17) is 11.6 Å². The van der Waals surface area contributed by atoms with E-state index in [0.717, 1.165) is 5.56 Å². The van der Waals surface area contributed by atoms with E-state index in [9.17, 15) is 14.9 Å². The van der Waals surface area contributed by atoms with E-state index in [1.54, 1.807) is 0 Å². The highest BCUT2D eigenvalue weighted by Crippen LogP contribution is 2.25. The average Bonchev–Trinajstić information content (AvgIpc) is 2.53. The lowest BCUT2D eigenvalue weighted by molar-refractivity contribution is -0.384. The molecule has 2 aromatic rings. The molecule has 0 aliphatic heterocycles. The van der Waals surface area contributed by atoms with E-state index in [-0.39, 0.29) is 28.2 Å². The topological polar surface area (TPSA) is 72.2 Å². The number of carbonyl (C=O) groups excluding carboxylic acids is 1. The zero-order chi connectivity index (χ0) is 16.1. The molecular weight excluding hydrogens is 304 g/mol. The summed E-state index contributed by atoms with van der Waals surface area (Å²) in [4.78, 5) is 22.6. The molecule has 1 amide bonds. The van der Waals surface area contributed by atoms with Crippen LogP contribution in [0.4, 0.5) is 5.69 Å². The predicted molar refractivity (Wildman–Crippen MR) is 85.0 cm³/mol. The fourth-order valence-electron chi connectivity index (χ4n) is 2.14. The molecule has 0 saturated heterocycles. The van der Waals surface area contributed by atoms with Crippen molar-refractivity contribution in [2.75, 3.05) is 0 Å². The van der Waals surface area contributed by atoms with E-state index in [2.05, 4.69) is 5.32 Å². The minimum Gasteiger partial charge on any atom is -0.345 e. The van der Waals surface area contributed by atoms with Gasteiger partial charge < -0.3 is 5.32 Å². The van der Waals surface area contributed by atoms with Gasteiger partial charge in [-0.1, -0.05) is 48.9 Å². The molecule has 1 atom stereocenters. The molecule has 0 heterocycles. The van der Waals surface area contributed by atoms with Crippen LogP contribution < -0.4 is 5.32 Å². The Kier molecular flexibility index (Phi) is 5.12. The Morgan fingerprint density at radius 1 is 1.27 bits per heavy atom. The summed E-state index contributed by atoms with van der Waals surface area (Å²) in [5, 5.41) is 13.8. The van der Waals surface area contributed by atoms with Crippen LogP contribution in [0.2, 0.25) is 5.02 Å². The lowest BCUT2D eigenvalue weighted by Gasteiger charge is -2.17. The van der Waals surface area contributed by atoms with Crippen LogP contribution in [0.25, 0.3) is 0 Å². The van der Waals surface area contributed by atoms with Crippen LogP contribution in [0.3, 0.4) is 0 Å². The highest BCUT2D eigenvalue weighted by Gasteiger charge is 2.18. The van der Waals surface area contributed by atoms with Crippen molar-refractivity contribution in [2.24, 2.45) is 0 Å². The van der Waals surface area contributed by atoms with Crippen LogP contribution in [0, 0.1) is 10.1 Å². The van der Waals surface area contributed by atoms with Crippen molar-refractivity contribution < 1.29 is 9.72 Å². The summed E-state index contributed by atoms with van der Waals surface area (Å²) in [5.74, 6) is -0.365. The summed E-state index contributed by atoms with van der Waals surface area (Å²) in [6, 6.07) is 13.4. The van der Waals surface area contributed by atoms with Crippen molar-refractivity contribution >= 4 is 23.2 Å². The Bertz CT molecular complexity index is 689. The zero-order valence-electron chi connectivity index (χ0n) is 12.0. The first-order valence-corrected chi connectivity index (χ1v) is 7.20. The molecule has 22 heavy (non-hydrogen) atoms. The van der Waals surface area contributed by atoms with E-state index in [1.807, 2.05) is 37.3 Å². The molecule has 0 unspecified atom stereocenters. The fourth-order valence-corrected chi connectivity index (χ4v) is 2.33. The second-order valence-electron chi connectivity index (χ2n) is 4.77. The number of nitrogens with zero attached hydrogens (tertiary/aromatic N) is 1. The Balaban J connectivity index is 2.21. The van der Waals surface area contributed by atoms with Crippen molar-refractivity contribution in [3.05, 3.63) is 74.8 Å². The first kappa shape index (κ1) is 16.0. The molecule has 0 bridgehead atoms. The molecule has 0 fully saturated rings. The molecule has 0 saturated carbocycles. The first-order valence-electron chi connectivity index (χ1n) is 6.82. The van der Waals surface area contributed by atoms with Crippen molar-refractivity contribution in [2.45, 2.75) is 19.4 Å². The third-order valence-corrected chi connectivity index (χ3v) is 3.64. The molecular formula is C16H15ClN2O3. The smallest absolute Gasteiger partial charge is 0.288 e. The predicted octanol–water partition coefficient (Wildman–Crippen LogP) is 4.13. The molecule has 6 heteroatoms. The molecule has 2 rings (SSSR count). The molecule has 5 nitrogen and oxygen atoms in total. The second kappa shape index (κ2) is 7.04. The molecule has 0 aliphatic carbocycles. The number of amides is 1.